The Bertz CT molecular complexity index is 1070. The Hall–Kier alpha value is -2.65. The second kappa shape index (κ2) is 6.82. The van der Waals surface area contributed by atoms with Gasteiger partial charge >= 0.3 is 0 Å². The van der Waals surface area contributed by atoms with Gasteiger partial charge in [0.1, 0.15) is 5.56 Å². The van der Waals surface area contributed by atoms with E-state index in [2.05, 4.69) is 10.1 Å². The topological polar surface area (TPSA) is 90.8 Å². The summed E-state index contributed by atoms with van der Waals surface area (Å²) in [5.41, 5.74) is 2.08. The van der Waals surface area contributed by atoms with Crippen molar-refractivity contribution in [2.75, 3.05) is 26.2 Å². The molecule has 9 heteroatoms. The first-order valence-corrected chi connectivity index (χ1v) is 10.3. The molecule has 1 saturated heterocycles. The molecule has 27 heavy (non-hydrogen) atoms. The third kappa shape index (κ3) is 3.24. The largest absolute Gasteiger partial charge is 0.337 e. The zero-order chi connectivity index (χ0) is 19.0. The van der Waals surface area contributed by atoms with Crippen molar-refractivity contribution in [2.45, 2.75) is 18.2 Å². The molecular weight excluding hydrogens is 366 g/mol. The van der Waals surface area contributed by atoms with Crippen molar-refractivity contribution in [3.63, 3.8) is 0 Å². The molecule has 3 aromatic rings. The lowest BCUT2D eigenvalue weighted by molar-refractivity contribution is 0.0766. The fourth-order valence-corrected chi connectivity index (χ4v) is 4.80. The van der Waals surface area contributed by atoms with Gasteiger partial charge in [0, 0.05) is 44.8 Å². The van der Waals surface area contributed by atoms with Crippen LogP contribution in [-0.4, -0.2) is 64.3 Å². The maximum absolute atomic E-state index is 12.9. The van der Waals surface area contributed by atoms with Gasteiger partial charge in [0.05, 0.1) is 4.90 Å². The zero-order valence-corrected chi connectivity index (χ0v) is 15.8. The van der Waals surface area contributed by atoms with Crippen molar-refractivity contribution in [1.82, 2.24) is 23.8 Å². The van der Waals surface area contributed by atoms with Crippen molar-refractivity contribution in [3.8, 4) is 0 Å². The number of nitrogens with zero attached hydrogens (tertiary/aromatic N) is 4. The molecule has 0 atom stereocenters. The van der Waals surface area contributed by atoms with Gasteiger partial charge in [0.2, 0.25) is 10.0 Å². The molecule has 1 aliphatic heterocycles. The molecule has 8 nitrogen and oxygen atoms in total. The Morgan fingerprint density at radius 2 is 1.89 bits per heavy atom. The molecule has 2 aromatic heterocycles. The quantitative estimate of drug-likeness (QED) is 0.737. The number of H-pyrrole nitrogens is 1. The number of nitrogens with one attached hydrogen (secondary N) is 1. The summed E-state index contributed by atoms with van der Waals surface area (Å²) in [6.45, 7) is 3.45. The number of benzene rings is 1. The first-order chi connectivity index (χ1) is 13.0. The monoisotopic (exact) mass is 387 g/mol. The molecule has 0 saturated carbocycles. The number of hydrogen-bond acceptors (Lipinski definition) is 4. The van der Waals surface area contributed by atoms with Crippen LogP contribution >= 0.6 is 0 Å². The van der Waals surface area contributed by atoms with E-state index in [-0.39, 0.29) is 17.3 Å². The maximum atomic E-state index is 12.9. The van der Waals surface area contributed by atoms with Crippen LogP contribution in [-0.2, 0) is 10.0 Å². The minimum absolute atomic E-state index is 0.137. The van der Waals surface area contributed by atoms with E-state index in [0.717, 1.165) is 5.56 Å². The number of imidazole rings is 1. The molecule has 0 unspecified atom stereocenters. The predicted octanol–water partition coefficient (Wildman–Crippen LogP) is 1.51. The van der Waals surface area contributed by atoms with Gasteiger partial charge in [0.25, 0.3) is 5.91 Å². The van der Waals surface area contributed by atoms with Crippen molar-refractivity contribution >= 4 is 21.6 Å². The number of amides is 1. The molecular formula is C18H21N5O3S. The van der Waals surface area contributed by atoms with Crippen LogP contribution in [0, 0.1) is 6.92 Å². The van der Waals surface area contributed by atoms with Gasteiger partial charge in [0.15, 0.2) is 5.65 Å². The first-order valence-electron chi connectivity index (χ1n) is 8.83. The molecule has 142 valence electrons. The van der Waals surface area contributed by atoms with Gasteiger partial charge in [-0.25, -0.2) is 17.9 Å². The molecule has 1 aromatic carbocycles. The average molecular weight is 387 g/mol. The highest BCUT2D eigenvalue weighted by Crippen LogP contribution is 2.19. The van der Waals surface area contributed by atoms with Crippen LogP contribution in [0.1, 0.15) is 22.3 Å². The van der Waals surface area contributed by atoms with Crippen LogP contribution in [0.2, 0.25) is 0 Å². The van der Waals surface area contributed by atoms with Crippen molar-refractivity contribution in [3.05, 3.63) is 54.0 Å². The Labute approximate surface area is 157 Å². The number of carbonyl (C=O) groups is 1. The number of aryl methyl sites for hydroxylation is 1. The fourth-order valence-electron chi connectivity index (χ4n) is 3.33. The predicted molar refractivity (Wildman–Crippen MR) is 100 cm³/mol. The summed E-state index contributed by atoms with van der Waals surface area (Å²) >= 11 is 0. The standard InChI is InChI=1S/C18H21N5O3S/c1-14-3-5-15(6-4-14)27(25,26)22-9-2-8-21(11-12-22)18(24)16-13-20-23-10-7-19-17(16)23/h3-7,10,13,20H,2,8-9,11-12H2,1H3. The highest BCUT2D eigenvalue weighted by molar-refractivity contribution is 7.89. The molecule has 1 fully saturated rings. The number of aromatic nitrogens is 3. The summed E-state index contributed by atoms with van der Waals surface area (Å²) in [6.07, 6.45) is 5.59. The summed E-state index contributed by atoms with van der Waals surface area (Å²) in [5.74, 6) is -0.137. The van der Waals surface area contributed by atoms with E-state index in [9.17, 15) is 13.2 Å². The summed E-state index contributed by atoms with van der Waals surface area (Å²) in [4.78, 5) is 19.1. The van der Waals surface area contributed by atoms with Crippen LogP contribution in [0.5, 0.6) is 0 Å². The molecule has 0 spiro atoms. The first kappa shape index (κ1) is 17.7. The molecule has 1 aliphatic rings. The Kier molecular flexibility index (Phi) is 4.48. The lowest BCUT2D eigenvalue weighted by atomic mass is 10.2. The van der Waals surface area contributed by atoms with Crippen LogP contribution in [0.4, 0.5) is 0 Å². The highest BCUT2D eigenvalue weighted by atomic mass is 32.2. The SMILES string of the molecule is Cc1ccc(S(=O)(=O)N2CCCN(C(=O)c3c[nH]n4ccnc34)CC2)cc1. The summed E-state index contributed by atoms with van der Waals surface area (Å²) in [5, 5.41) is 2.96. The lowest BCUT2D eigenvalue weighted by Crippen LogP contribution is -2.37. The van der Waals surface area contributed by atoms with Crippen LogP contribution in [0.25, 0.3) is 5.65 Å². The number of carbonyl (C=O) groups excluding carboxylic acids is 1. The van der Waals surface area contributed by atoms with Gasteiger partial charge in [-0.15, -0.1) is 0 Å². The smallest absolute Gasteiger partial charge is 0.259 e. The van der Waals surface area contributed by atoms with Gasteiger partial charge in [-0.3, -0.25) is 9.89 Å². The Balaban J connectivity index is 1.51. The second-order valence-electron chi connectivity index (χ2n) is 6.67. The third-order valence-electron chi connectivity index (χ3n) is 4.86. The molecule has 3 heterocycles. The zero-order valence-electron chi connectivity index (χ0n) is 15.0. The van der Waals surface area contributed by atoms with Crippen molar-refractivity contribution < 1.29 is 13.2 Å². The molecule has 0 bridgehead atoms. The maximum Gasteiger partial charge on any atom is 0.259 e. The average Bonchev–Trinajstić information content (AvgIpc) is 3.17. The lowest BCUT2D eigenvalue weighted by Gasteiger charge is -2.21. The van der Waals surface area contributed by atoms with Gasteiger partial charge in [-0.1, -0.05) is 17.7 Å². The van der Waals surface area contributed by atoms with Crippen LogP contribution in [0.15, 0.2) is 47.8 Å². The van der Waals surface area contributed by atoms with E-state index in [1.54, 1.807) is 52.3 Å². The van der Waals surface area contributed by atoms with Gasteiger partial charge in [-0.2, -0.15) is 4.31 Å². The van der Waals surface area contributed by atoms with E-state index >= 15 is 0 Å². The van der Waals surface area contributed by atoms with E-state index in [1.165, 1.54) is 4.31 Å². The summed E-state index contributed by atoms with van der Waals surface area (Å²) < 4.78 is 28.9. The molecule has 0 aliphatic carbocycles. The van der Waals surface area contributed by atoms with Gasteiger partial charge < -0.3 is 4.90 Å². The third-order valence-corrected chi connectivity index (χ3v) is 6.77. The van der Waals surface area contributed by atoms with Crippen LogP contribution < -0.4 is 0 Å². The van der Waals surface area contributed by atoms with Crippen molar-refractivity contribution in [1.29, 1.82) is 0 Å². The number of sulfonamides is 1. The van der Waals surface area contributed by atoms with Crippen LogP contribution in [0.3, 0.4) is 0 Å². The molecule has 4 rings (SSSR count). The van der Waals surface area contributed by atoms with Gasteiger partial charge in [-0.05, 0) is 25.5 Å². The van der Waals surface area contributed by atoms with Crippen molar-refractivity contribution in [2.24, 2.45) is 0 Å². The minimum atomic E-state index is -3.56. The number of hydrogen-bond donors (Lipinski definition) is 1. The summed E-state index contributed by atoms with van der Waals surface area (Å²) in [7, 11) is -3.56. The number of rotatable bonds is 3. The highest BCUT2D eigenvalue weighted by Gasteiger charge is 2.29. The Morgan fingerprint density at radius 1 is 1.11 bits per heavy atom. The van der Waals surface area contributed by atoms with E-state index < -0.39 is 10.0 Å². The second-order valence-corrected chi connectivity index (χ2v) is 8.61. The molecule has 0 radical (unpaired) electrons. The van der Waals surface area contributed by atoms with E-state index in [1.807, 2.05) is 6.92 Å². The molecule has 1 N–H and O–H groups in total. The van der Waals surface area contributed by atoms with E-state index in [0.29, 0.717) is 37.3 Å². The fraction of sp³-hybridized carbons (Fsp3) is 0.333. The minimum Gasteiger partial charge on any atom is -0.337 e. The normalized spacial score (nSPS) is 16.6. The number of fused-ring (bicyclic) bond motifs is 1. The number of aromatic amines is 1. The summed E-state index contributed by atoms with van der Waals surface area (Å²) in [6, 6.07) is 6.85. The molecule has 1 amide bonds. The van der Waals surface area contributed by atoms with E-state index in [4.69, 9.17) is 0 Å². The Morgan fingerprint density at radius 3 is 2.67 bits per heavy atom.